The van der Waals surface area contributed by atoms with Crippen molar-refractivity contribution in [2.24, 2.45) is 0 Å². The number of nitrogens with zero attached hydrogens (tertiary/aromatic N) is 3. The fourth-order valence-electron chi connectivity index (χ4n) is 4.28. The van der Waals surface area contributed by atoms with Crippen LogP contribution in [0.5, 0.6) is 0 Å². The number of carbonyl (C=O) groups is 2. The molecule has 6 nitrogen and oxygen atoms in total. The minimum Gasteiger partial charge on any atom is -0.345 e. The molecule has 3 heterocycles. The number of aromatic nitrogens is 2. The Kier molecular flexibility index (Phi) is 5.97. The summed E-state index contributed by atoms with van der Waals surface area (Å²) in [6.07, 6.45) is 7.31. The van der Waals surface area contributed by atoms with E-state index in [-0.39, 0.29) is 11.8 Å². The van der Waals surface area contributed by atoms with Gasteiger partial charge in [-0.15, -0.1) is 0 Å². The number of likely N-dealkylation sites (tertiary alicyclic amines) is 1. The van der Waals surface area contributed by atoms with Gasteiger partial charge in [-0.2, -0.15) is 0 Å². The number of carbonyl (C=O) groups excluding carboxylic acids is 2. The van der Waals surface area contributed by atoms with E-state index in [0.717, 1.165) is 63.0 Å². The highest BCUT2D eigenvalue weighted by molar-refractivity contribution is 5.97. The zero-order valence-corrected chi connectivity index (χ0v) is 17.2. The number of imidazole rings is 1. The Morgan fingerprint density at radius 3 is 2.38 bits per heavy atom. The van der Waals surface area contributed by atoms with Crippen LogP contribution in [0.4, 0.5) is 0 Å². The van der Waals surface area contributed by atoms with Gasteiger partial charge in [0.2, 0.25) is 0 Å². The van der Waals surface area contributed by atoms with Gasteiger partial charge in [0.25, 0.3) is 11.8 Å². The van der Waals surface area contributed by atoms with Crippen molar-refractivity contribution in [3.05, 3.63) is 52.6 Å². The van der Waals surface area contributed by atoms with Crippen molar-refractivity contribution in [3.63, 3.8) is 0 Å². The van der Waals surface area contributed by atoms with Crippen LogP contribution in [0.1, 0.15) is 76.5 Å². The molecule has 0 aliphatic carbocycles. The van der Waals surface area contributed by atoms with Gasteiger partial charge in [0, 0.05) is 26.2 Å². The highest BCUT2D eigenvalue weighted by Gasteiger charge is 2.30. The SMILES string of the molecule is Cc1ccc(CNC(=O)c2nc(C(=O)N3CCCCCC3)c3n2CCCC3)cc1. The van der Waals surface area contributed by atoms with Crippen LogP contribution in [0.25, 0.3) is 0 Å². The van der Waals surface area contributed by atoms with E-state index >= 15 is 0 Å². The monoisotopic (exact) mass is 394 g/mol. The number of amides is 2. The van der Waals surface area contributed by atoms with E-state index in [1.165, 1.54) is 18.4 Å². The molecule has 0 bridgehead atoms. The third-order valence-corrected chi connectivity index (χ3v) is 5.99. The van der Waals surface area contributed by atoms with Crippen LogP contribution in [0.15, 0.2) is 24.3 Å². The van der Waals surface area contributed by atoms with Gasteiger partial charge < -0.3 is 14.8 Å². The smallest absolute Gasteiger partial charge is 0.287 e. The minimum absolute atomic E-state index is 0.00451. The van der Waals surface area contributed by atoms with Crippen molar-refractivity contribution in [2.45, 2.75) is 65.0 Å². The maximum Gasteiger partial charge on any atom is 0.287 e. The van der Waals surface area contributed by atoms with Crippen molar-refractivity contribution in [3.8, 4) is 0 Å². The van der Waals surface area contributed by atoms with E-state index in [0.29, 0.717) is 18.1 Å². The first-order valence-electron chi connectivity index (χ1n) is 10.9. The van der Waals surface area contributed by atoms with Gasteiger partial charge in [-0.25, -0.2) is 4.98 Å². The lowest BCUT2D eigenvalue weighted by molar-refractivity contribution is 0.0754. The number of hydrogen-bond acceptors (Lipinski definition) is 3. The second kappa shape index (κ2) is 8.80. The highest BCUT2D eigenvalue weighted by Crippen LogP contribution is 2.23. The summed E-state index contributed by atoms with van der Waals surface area (Å²) in [7, 11) is 0. The largest absolute Gasteiger partial charge is 0.345 e. The summed E-state index contributed by atoms with van der Waals surface area (Å²) in [5.74, 6) is 0.170. The molecule has 0 saturated carbocycles. The van der Waals surface area contributed by atoms with Gasteiger partial charge in [-0.1, -0.05) is 42.7 Å². The summed E-state index contributed by atoms with van der Waals surface area (Å²) in [6, 6.07) is 8.11. The maximum absolute atomic E-state index is 13.2. The lowest BCUT2D eigenvalue weighted by Crippen LogP contribution is -2.33. The normalized spacial score (nSPS) is 16.8. The molecule has 1 aromatic carbocycles. The summed E-state index contributed by atoms with van der Waals surface area (Å²) in [5, 5.41) is 2.98. The first kappa shape index (κ1) is 19.7. The summed E-state index contributed by atoms with van der Waals surface area (Å²) in [6.45, 7) is 4.84. The Morgan fingerprint density at radius 2 is 1.66 bits per heavy atom. The Hall–Kier alpha value is -2.63. The molecule has 29 heavy (non-hydrogen) atoms. The van der Waals surface area contributed by atoms with Crippen molar-refractivity contribution < 1.29 is 9.59 Å². The van der Waals surface area contributed by atoms with E-state index in [2.05, 4.69) is 10.3 Å². The van der Waals surface area contributed by atoms with E-state index < -0.39 is 0 Å². The average molecular weight is 395 g/mol. The van der Waals surface area contributed by atoms with E-state index in [1.54, 1.807) is 0 Å². The fourth-order valence-corrected chi connectivity index (χ4v) is 4.28. The molecule has 2 aliphatic rings. The van der Waals surface area contributed by atoms with E-state index in [4.69, 9.17) is 0 Å². The molecular weight excluding hydrogens is 364 g/mol. The molecule has 0 unspecified atom stereocenters. The summed E-state index contributed by atoms with van der Waals surface area (Å²) in [4.78, 5) is 32.6. The van der Waals surface area contributed by atoms with Gasteiger partial charge >= 0.3 is 0 Å². The van der Waals surface area contributed by atoms with Gasteiger partial charge in [-0.05, 0) is 44.6 Å². The van der Waals surface area contributed by atoms with E-state index in [9.17, 15) is 9.59 Å². The van der Waals surface area contributed by atoms with Crippen LogP contribution in [0, 0.1) is 6.92 Å². The van der Waals surface area contributed by atoms with Crippen molar-refractivity contribution in [1.29, 1.82) is 0 Å². The van der Waals surface area contributed by atoms with Crippen LogP contribution >= 0.6 is 0 Å². The van der Waals surface area contributed by atoms with Gasteiger partial charge in [0.15, 0.2) is 5.82 Å². The molecule has 1 saturated heterocycles. The van der Waals surface area contributed by atoms with Crippen molar-refractivity contribution in [1.82, 2.24) is 19.8 Å². The molecule has 1 aromatic heterocycles. The fraction of sp³-hybridized carbons (Fsp3) is 0.522. The van der Waals surface area contributed by atoms with Crippen LogP contribution in [-0.2, 0) is 19.5 Å². The predicted octanol–water partition coefficient (Wildman–Crippen LogP) is 3.47. The molecular formula is C23H30N4O2. The van der Waals surface area contributed by atoms with Crippen molar-refractivity contribution >= 4 is 11.8 Å². The van der Waals surface area contributed by atoms with Crippen LogP contribution in [0.2, 0.25) is 0 Å². The predicted molar refractivity (Wildman–Crippen MR) is 112 cm³/mol. The Balaban J connectivity index is 1.54. The topological polar surface area (TPSA) is 67.2 Å². The molecule has 2 amide bonds. The Bertz CT molecular complexity index is 877. The lowest BCUT2D eigenvalue weighted by Gasteiger charge is -2.21. The summed E-state index contributed by atoms with van der Waals surface area (Å²) >= 11 is 0. The number of aryl methyl sites for hydroxylation is 1. The van der Waals surface area contributed by atoms with E-state index in [1.807, 2.05) is 40.7 Å². The zero-order chi connectivity index (χ0) is 20.2. The first-order valence-corrected chi connectivity index (χ1v) is 10.9. The molecule has 2 aromatic rings. The van der Waals surface area contributed by atoms with Crippen LogP contribution in [0.3, 0.4) is 0 Å². The minimum atomic E-state index is -0.205. The Morgan fingerprint density at radius 1 is 0.966 bits per heavy atom. The first-order chi connectivity index (χ1) is 14.1. The van der Waals surface area contributed by atoms with Crippen LogP contribution < -0.4 is 5.32 Å². The molecule has 6 heteroatoms. The molecule has 1 fully saturated rings. The quantitative estimate of drug-likeness (QED) is 0.863. The average Bonchev–Trinajstić information content (AvgIpc) is 2.92. The molecule has 0 atom stereocenters. The van der Waals surface area contributed by atoms with Gasteiger partial charge in [0.1, 0.15) is 5.69 Å². The lowest BCUT2D eigenvalue weighted by atomic mass is 10.1. The molecule has 1 N–H and O–H groups in total. The standard InChI is InChI=1S/C23H30N4O2/c1-17-9-11-18(12-10-17)16-24-22(28)21-25-20(19-8-4-7-15-27(19)21)23(29)26-13-5-2-3-6-14-26/h9-12H,2-8,13-16H2,1H3,(H,24,28). The summed E-state index contributed by atoms with van der Waals surface area (Å²) < 4.78 is 1.97. The molecule has 154 valence electrons. The Labute approximate surface area is 172 Å². The number of nitrogens with one attached hydrogen (secondary N) is 1. The maximum atomic E-state index is 13.2. The number of benzene rings is 1. The number of hydrogen-bond donors (Lipinski definition) is 1. The second-order valence-electron chi connectivity index (χ2n) is 8.21. The van der Waals surface area contributed by atoms with Crippen molar-refractivity contribution in [2.75, 3.05) is 13.1 Å². The molecule has 2 aliphatic heterocycles. The van der Waals surface area contributed by atoms with Crippen LogP contribution in [-0.4, -0.2) is 39.4 Å². The summed E-state index contributed by atoms with van der Waals surface area (Å²) in [5.41, 5.74) is 3.67. The zero-order valence-electron chi connectivity index (χ0n) is 17.2. The van der Waals surface area contributed by atoms with Gasteiger partial charge in [-0.3, -0.25) is 9.59 Å². The number of fused-ring (bicyclic) bond motifs is 1. The molecule has 4 rings (SSSR count). The van der Waals surface area contributed by atoms with Gasteiger partial charge in [0.05, 0.1) is 5.69 Å². The third kappa shape index (κ3) is 4.36. The number of rotatable bonds is 4. The molecule has 0 spiro atoms. The highest BCUT2D eigenvalue weighted by atomic mass is 16.2. The molecule has 0 radical (unpaired) electrons. The third-order valence-electron chi connectivity index (χ3n) is 5.99. The second-order valence-corrected chi connectivity index (χ2v) is 8.21.